The normalized spacial score (nSPS) is 22.4. The summed E-state index contributed by atoms with van der Waals surface area (Å²) in [6.45, 7) is 0. The van der Waals surface area contributed by atoms with Gasteiger partial charge in [-0.3, -0.25) is 4.79 Å². The van der Waals surface area contributed by atoms with Crippen molar-refractivity contribution in [3.05, 3.63) is 35.4 Å². The summed E-state index contributed by atoms with van der Waals surface area (Å²) < 4.78 is 38.9. The van der Waals surface area contributed by atoms with Gasteiger partial charge >= 0.3 is 6.18 Å². The van der Waals surface area contributed by atoms with Crippen molar-refractivity contribution in [1.29, 1.82) is 5.26 Å². The monoisotopic (exact) mass is 296 g/mol. The molecule has 0 bridgehead atoms. The van der Waals surface area contributed by atoms with E-state index in [4.69, 9.17) is 5.26 Å². The lowest BCUT2D eigenvalue weighted by Crippen LogP contribution is -2.47. The van der Waals surface area contributed by atoms with Crippen molar-refractivity contribution >= 4 is 5.91 Å². The van der Waals surface area contributed by atoms with Crippen LogP contribution in [0, 0.1) is 17.2 Å². The lowest BCUT2D eigenvalue weighted by molar-refractivity contribution is -0.187. The molecule has 1 aromatic rings. The number of amides is 1. The summed E-state index contributed by atoms with van der Waals surface area (Å²) in [4.78, 5) is 12.0. The predicted molar refractivity (Wildman–Crippen MR) is 70.4 cm³/mol. The van der Waals surface area contributed by atoms with E-state index < -0.39 is 24.0 Å². The van der Waals surface area contributed by atoms with Crippen LogP contribution in [-0.4, -0.2) is 18.1 Å². The Morgan fingerprint density at radius 2 is 1.81 bits per heavy atom. The molecule has 21 heavy (non-hydrogen) atoms. The van der Waals surface area contributed by atoms with Crippen molar-refractivity contribution in [2.45, 2.75) is 37.9 Å². The molecule has 1 aliphatic carbocycles. The third-order valence-corrected chi connectivity index (χ3v) is 3.78. The maximum Gasteiger partial charge on any atom is 0.393 e. The van der Waals surface area contributed by atoms with Crippen LogP contribution >= 0.6 is 0 Å². The molecule has 0 aliphatic heterocycles. The summed E-state index contributed by atoms with van der Waals surface area (Å²) in [6.07, 6.45) is -2.67. The van der Waals surface area contributed by atoms with Gasteiger partial charge in [-0.25, -0.2) is 0 Å². The average molecular weight is 296 g/mol. The standard InChI is InChI=1S/C15H15F3N2O/c16-15(17,18)12-3-1-2-4-13(12)20-14(21)11-7-5-10(9-19)6-8-11/h5-8,12-13H,1-4H2,(H,20,21)/t12-,13+/m1/s1. The molecule has 6 heteroatoms. The summed E-state index contributed by atoms with van der Waals surface area (Å²) in [5, 5.41) is 11.2. The van der Waals surface area contributed by atoms with Crippen LogP contribution in [0.25, 0.3) is 0 Å². The molecule has 1 aliphatic rings. The number of hydrogen-bond donors (Lipinski definition) is 1. The van der Waals surface area contributed by atoms with Crippen molar-refractivity contribution in [3.63, 3.8) is 0 Å². The fourth-order valence-electron chi connectivity index (χ4n) is 2.64. The molecule has 1 fully saturated rings. The first-order chi connectivity index (χ1) is 9.91. The molecule has 0 radical (unpaired) electrons. The first-order valence-electron chi connectivity index (χ1n) is 6.79. The number of nitriles is 1. The summed E-state index contributed by atoms with van der Waals surface area (Å²) in [6, 6.07) is 6.87. The van der Waals surface area contributed by atoms with E-state index in [1.54, 1.807) is 0 Å². The largest absolute Gasteiger partial charge is 0.393 e. The molecule has 0 unspecified atom stereocenters. The minimum absolute atomic E-state index is 0.0574. The van der Waals surface area contributed by atoms with Gasteiger partial charge in [0, 0.05) is 11.6 Å². The van der Waals surface area contributed by atoms with Crippen LogP contribution in [0.3, 0.4) is 0 Å². The van der Waals surface area contributed by atoms with Gasteiger partial charge in [0.1, 0.15) is 0 Å². The maximum atomic E-state index is 13.0. The Kier molecular flexibility index (Phi) is 4.51. The molecule has 0 heterocycles. The Bertz CT molecular complexity index is 546. The highest BCUT2D eigenvalue weighted by atomic mass is 19.4. The van der Waals surface area contributed by atoms with Gasteiger partial charge in [0.15, 0.2) is 0 Å². The van der Waals surface area contributed by atoms with Gasteiger partial charge in [-0.05, 0) is 37.1 Å². The number of alkyl halides is 3. The number of carbonyl (C=O) groups is 1. The molecule has 112 valence electrons. The molecule has 1 aromatic carbocycles. The van der Waals surface area contributed by atoms with E-state index in [-0.39, 0.29) is 12.0 Å². The van der Waals surface area contributed by atoms with Gasteiger partial charge in [0.05, 0.1) is 17.6 Å². The molecule has 1 saturated carbocycles. The molecule has 1 N–H and O–H groups in total. The summed E-state index contributed by atoms with van der Waals surface area (Å²) in [5.41, 5.74) is 0.665. The van der Waals surface area contributed by atoms with Crippen molar-refractivity contribution in [3.8, 4) is 6.07 Å². The van der Waals surface area contributed by atoms with E-state index >= 15 is 0 Å². The highest BCUT2D eigenvalue weighted by Crippen LogP contribution is 2.37. The Hall–Kier alpha value is -2.03. The number of hydrogen-bond acceptors (Lipinski definition) is 2. The summed E-state index contributed by atoms with van der Waals surface area (Å²) >= 11 is 0. The van der Waals surface area contributed by atoms with Crippen LogP contribution in [0.1, 0.15) is 41.6 Å². The third kappa shape index (κ3) is 3.75. The quantitative estimate of drug-likeness (QED) is 0.909. The van der Waals surface area contributed by atoms with E-state index in [1.165, 1.54) is 24.3 Å². The average Bonchev–Trinajstić information content (AvgIpc) is 2.47. The number of nitrogens with zero attached hydrogens (tertiary/aromatic N) is 1. The SMILES string of the molecule is N#Cc1ccc(C(=O)N[C@H]2CCCC[C@H]2C(F)(F)F)cc1. The van der Waals surface area contributed by atoms with Crippen molar-refractivity contribution in [1.82, 2.24) is 5.32 Å². The lowest BCUT2D eigenvalue weighted by Gasteiger charge is -2.33. The van der Waals surface area contributed by atoms with Gasteiger partial charge in [0.2, 0.25) is 0 Å². The Morgan fingerprint density at radius 1 is 1.19 bits per heavy atom. The Morgan fingerprint density at radius 3 is 2.38 bits per heavy atom. The smallest absolute Gasteiger partial charge is 0.349 e. The molecule has 2 atom stereocenters. The molecule has 1 amide bonds. The van der Waals surface area contributed by atoms with E-state index in [0.717, 1.165) is 0 Å². The highest BCUT2D eigenvalue weighted by Gasteiger charge is 2.45. The molecule has 3 nitrogen and oxygen atoms in total. The fourth-order valence-corrected chi connectivity index (χ4v) is 2.64. The second-order valence-corrected chi connectivity index (χ2v) is 5.20. The van der Waals surface area contributed by atoms with Gasteiger partial charge in [-0.15, -0.1) is 0 Å². The number of rotatable bonds is 2. The maximum absolute atomic E-state index is 13.0. The molecule has 0 spiro atoms. The minimum Gasteiger partial charge on any atom is -0.349 e. The first kappa shape index (κ1) is 15.4. The lowest BCUT2D eigenvalue weighted by atomic mass is 9.84. The van der Waals surface area contributed by atoms with Crippen LogP contribution in [-0.2, 0) is 0 Å². The number of benzene rings is 1. The van der Waals surface area contributed by atoms with Crippen LogP contribution in [0.4, 0.5) is 13.2 Å². The number of nitrogens with one attached hydrogen (secondary N) is 1. The third-order valence-electron chi connectivity index (χ3n) is 3.78. The van der Waals surface area contributed by atoms with Crippen LogP contribution < -0.4 is 5.32 Å². The zero-order valence-electron chi connectivity index (χ0n) is 11.3. The highest BCUT2D eigenvalue weighted by molar-refractivity contribution is 5.94. The Balaban J connectivity index is 2.08. The van der Waals surface area contributed by atoms with Crippen LogP contribution in [0.15, 0.2) is 24.3 Å². The van der Waals surface area contributed by atoms with Crippen molar-refractivity contribution < 1.29 is 18.0 Å². The molecular weight excluding hydrogens is 281 g/mol. The van der Waals surface area contributed by atoms with Gasteiger partial charge < -0.3 is 5.32 Å². The van der Waals surface area contributed by atoms with Gasteiger partial charge in [-0.1, -0.05) is 12.8 Å². The van der Waals surface area contributed by atoms with E-state index in [1.807, 2.05) is 6.07 Å². The van der Waals surface area contributed by atoms with Crippen LogP contribution in [0.5, 0.6) is 0 Å². The number of carbonyl (C=O) groups excluding carboxylic acids is 1. The second kappa shape index (κ2) is 6.17. The van der Waals surface area contributed by atoms with E-state index in [2.05, 4.69) is 5.32 Å². The zero-order valence-corrected chi connectivity index (χ0v) is 11.3. The number of halogens is 3. The molecule has 2 rings (SSSR count). The fraction of sp³-hybridized carbons (Fsp3) is 0.467. The minimum atomic E-state index is -4.29. The van der Waals surface area contributed by atoms with Crippen molar-refractivity contribution in [2.75, 3.05) is 0 Å². The predicted octanol–water partition coefficient (Wildman–Crippen LogP) is 3.41. The zero-order chi connectivity index (χ0) is 15.5. The first-order valence-corrected chi connectivity index (χ1v) is 6.79. The van der Waals surface area contributed by atoms with E-state index in [9.17, 15) is 18.0 Å². The van der Waals surface area contributed by atoms with Gasteiger partial charge in [-0.2, -0.15) is 18.4 Å². The molecule has 0 aromatic heterocycles. The summed E-state index contributed by atoms with van der Waals surface area (Å²) in [5.74, 6) is -2.01. The van der Waals surface area contributed by atoms with E-state index in [0.29, 0.717) is 24.8 Å². The van der Waals surface area contributed by atoms with Crippen LogP contribution in [0.2, 0.25) is 0 Å². The summed E-state index contributed by atoms with van der Waals surface area (Å²) in [7, 11) is 0. The second-order valence-electron chi connectivity index (χ2n) is 5.20. The molecular formula is C15H15F3N2O. The molecule has 0 saturated heterocycles. The topological polar surface area (TPSA) is 52.9 Å². The van der Waals surface area contributed by atoms with Crippen molar-refractivity contribution in [2.24, 2.45) is 5.92 Å². The Labute approximate surface area is 120 Å². The van der Waals surface area contributed by atoms with Gasteiger partial charge in [0.25, 0.3) is 5.91 Å².